The highest BCUT2D eigenvalue weighted by Crippen LogP contribution is 2.32. The van der Waals surface area contributed by atoms with Crippen molar-refractivity contribution in [3.05, 3.63) is 23.8 Å². The fourth-order valence-corrected chi connectivity index (χ4v) is 2.10. The predicted octanol–water partition coefficient (Wildman–Crippen LogP) is 2.45. The summed E-state index contributed by atoms with van der Waals surface area (Å²) in [4.78, 5) is 17.1. The van der Waals surface area contributed by atoms with Crippen molar-refractivity contribution in [3.63, 3.8) is 0 Å². The van der Waals surface area contributed by atoms with Crippen molar-refractivity contribution < 1.29 is 23.0 Å². The molecule has 0 atom stereocenters. The van der Waals surface area contributed by atoms with Gasteiger partial charge >= 0.3 is 6.61 Å². The molecule has 0 aromatic heterocycles. The van der Waals surface area contributed by atoms with Crippen LogP contribution in [0.3, 0.4) is 0 Å². The summed E-state index contributed by atoms with van der Waals surface area (Å²) in [6.07, 6.45) is 0.313. The number of carbonyl (C=O) groups excluding carboxylic acids is 1. The van der Waals surface area contributed by atoms with Crippen LogP contribution in [0.25, 0.3) is 0 Å². The molecule has 1 aromatic rings. The van der Waals surface area contributed by atoms with Gasteiger partial charge in [-0.1, -0.05) is 12.1 Å². The van der Waals surface area contributed by atoms with Gasteiger partial charge in [-0.25, -0.2) is 0 Å². The van der Waals surface area contributed by atoms with E-state index in [1.807, 2.05) is 0 Å². The first-order valence-electron chi connectivity index (χ1n) is 8.23. The molecule has 1 rings (SSSR count). The molecular formula is C17H27F2IN4O3. The number of hydrogen-bond acceptors (Lipinski definition) is 4. The fraction of sp³-hybridized carbons (Fsp3) is 0.529. The van der Waals surface area contributed by atoms with Gasteiger partial charge in [0.05, 0.1) is 6.61 Å². The summed E-state index contributed by atoms with van der Waals surface area (Å²) in [5, 5.41) is 6.00. The molecule has 0 aliphatic heterocycles. The number of hydrogen-bond donors (Lipinski definition) is 2. The van der Waals surface area contributed by atoms with Crippen molar-refractivity contribution >= 4 is 35.8 Å². The average molecular weight is 500 g/mol. The Labute approximate surface area is 175 Å². The van der Waals surface area contributed by atoms with Gasteiger partial charge in [0.2, 0.25) is 5.91 Å². The molecule has 0 radical (unpaired) electrons. The second-order valence-electron chi connectivity index (χ2n) is 5.45. The van der Waals surface area contributed by atoms with E-state index < -0.39 is 6.61 Å². The number of aliphatic imine (C=N–C) groups is 1. The molecule has 0 saturated heterocycles. The summed E-state index contributed by atoms with van der Waals surface area (Å²) in [5.74, 6) is 0.688. The molecule has 0 aliphatic carbocycles. The lowest BCUT2D eigenvalue weighted by atomic mass is 10.2. The van der Waals surface area contributed by atoms with Gasteiger partial charge < -0.3 is 25.0 Å². The van der Waals surface area contributed by atoms with E-state index in [2.05, 4.69) is 20.4 Å². The van der Waals surface area contributed by atoms with Gasteiger partial charge in [0, 0.05) is 46.2 Å². The van der Waals surface area contributed by atoms with E-state index in [9.17, 15) is 13.6 Å². The first kappa shape index (κ1) is 25.1. The van der Waals surface area contributed by atoms with Crippen LogP contribution in [0.5, 0.6) is 11.5 Å². The van der Waals surface area contributed by atoms with Gasteiger partial charge in [-0.2, -0.15) is 8.78 Å². The van der Waals surface area contributed by atoms with Gasteiger partial charge in [0.15, 0.2) is 17.5 Å². The molecule has 154 valence electrons. The minimum absolute atomic E-state index is 0. The molecule has 0 heterocycles. The van der Waals surface area contributed by atoms with E-state index in [-0.39, 0.29) is 47.9 Å². The smallest absolute Gasteiger partial charge is 0.387 e. The number of ether oxygens (including phenoxy) is 2. The first-order chi connectivity index (χ1) is 12.4. The number of rotatable bonds is 9. The third-order valence-corrected chi connectivity index (χ3v) is 3.37. The molecule has 1 aromatic carbocycles. The van der Waals surface area contributed by atoms with E-state index in [1.165, 1.54) is 4.90 Å². The zero-order valence-corrected chi connectivity index (χ0v) is 18.3. The van der Waals surface area contributed by atoms with Crippen LogP contribution in [0.1, 0.15) is 18.9 Å². The van der Waals surface area contributed by atoms with Crippen molar-refractivity contribution in [2.45, 2.75) is 26.5 Å². The lowest BCUT2D eigenvalue weighted by Crippen LogP contribution is -2.38. The molecule has 7 nitrogen and oxygen atoms in total. The lowest BCUT2D eigenvalue weighted by Gasteiger charge is -2.17. The Balaban J connectivity index is 0.00000676. The van der Waals surface area contributed by atoms with Crippen molar-refractivity contribution in [3.8, 4) is 11.5 Å². The third kappa shape index (κ3) is 9.07. The normalized spacial score (nSPS) is 10.9. The standard InChI is InChI=1S/C17H26F2N4O3.HI/c1-5-25-13-8-6-7-12(15(13)26-16(18)19)11-22-17(20-2)21-10-9-14(24)23(3)4;/h6-8,16H,5,9-11H2,1-4H3,(H2,20,21,22);1H. The number of amides is 1. The molecule has 0 saturated carbocycles. The Kier molecular flexibility index (Phi) is 12.4. The molecule has 0 spiro atoms. The lowest BCUT2D eigenvalue weighted by molar-refractivity contribution is -0.128. The van der Waals surface area contributed by atoms with E-state index in [0.29, 0.717) is 31.1 Å². The summed E-state index contributed by atoms with van der Waals surface area (Å²) < 4.78 is 35.4. The van der Waals surface area contributed by atoms with Crippen LogP contribution in [0.4, 0.5) is 8.78 Å². The van der Waals surface area contributed by atoms with Crippen molar-refractivity contribution in [2.24, 2.45) is 4.99 Å². The maximum atomic E-state index is 12.7. The number of halogens is 3. The first-order valence-corrected chi connectivity index (χ1v) is 8.23. The van der Waals surface area contributed by atoms with Gasteiger partial charge in [0.25, 0.3) is 0 Å². The van der Waals surface area contributed by atoms with Gasteiger partial charge in [-0.15, -0.1) is 24.0 Å². The SMILES string of the molecule is CCOc1cccc(CNC(=NC)NCCC(=O)N(C)C)c1OC(F)F.I. The highest BCUT2D eigenvalue weighted by atomic mass is 127. The molecular weight excluding hydrogens is 473 g/mol. The van der Waals surface area contributed by atoms with Gasteiger partial charge in [-0.05, 0) is 13.0 Å². The highest BCUT2D eigenvalue weighted by molar-refractivity contribution is 14.0. The Hall–Kier alpha value is -1.85. The number of alkyl halides is 2. The van der Waals surface area contributed by atoms with E-state index in [4.69, 9.17) is 4.74 Å². The van der Waals surface area contributed by atoms with Gasteiger partial charge in [-0.3, -0.25) is 9.79 Å². The minimum Gasteiger partial charge on any atom is -0.490 e. The summed E-state index contributed by atoms with van der Waals surface area (Å²) in [6, 6.07) is 4.94. The van der Waals surface area contributed by atoms with Crippen LogP contribution in [0, 0.1) is 0 Å². The number of para-hydroxylation sites is 1. The summed E-state index contributed by atoms with van der Waals surface area (Å²) in [6.45, 7) is -0.262. The monoisotopic (exact) mass is 500 g/mol. The molecule has 0 unspecified atom stereocenters. The largest absolute Gasteiger partial charge is 0.490 e. The Bertz CT molecular complexity index is 616. The molecule has 0 aliphatic rings. The van der Waals surface area contributed by atoms with E-state index in [0.717, 1.165) is 0 Å². The van der Waals surface area contributed by atoms with Crippen LogP contribution in [-0.2, 0) is 11.3 Å². The summed E-state index contributed by atoms with van der Waals surface area (Å²) in [5.41, 5.74) is 0.503. The highest BCUT2D eigenvalue weighted by Gasteiger charge is 2.16. The Morgan fingerprint density at radius 1 is 1.30 bits per heavy atom. The summed E-state index contributed by atoms with van der Waals surface area (Å²) >= 11 is 0. The van der Waals surface area contributed by atoms with E-state index >= 15 is 0 Å². The number of nitrogens with one attached hydrogen (secondary N) is 2. The summed E-state index contributed by atoms with van der Waals surface area (Å²) in [7, 11) is 4.95. The number of guanidine groups is 1. The zero-order chi connectivity index (χ0) is 19.5. The topological polar surface area (TPSA) is 75.2 Å². The number of benzene rings is 1. The van der Waals surface area contributed by atoms with Crippen LogP contribution < -0.4 is 20.1 Å². The fourth-order valence-electron chi connectivity index (χ4n) is 2.10. The molecule has 27 heavy (non-hydrogen) atoms. The van der Waals surface area contributed by atoms with Crippen molar-refractivity contribution in [2.75, 3.05) is 34.3 Å². The van der Waals surface area contributed by atoms with Crippen molar-refractivity contribution in [1.82, 2.24) is 15.5 Å². The maximum Gasteiger partial charge on any atom is 0.387 e. The van der Waals surface area contributed by atoms with Crippen LogP contribution in [-0.4, -0.2) is 57.7 Å². The Morgan fingerprint density at radius 3 is 2.56 bits per heavy atom. The van der Waals surface area contributed by atoms with Crippen LogP contribution >= 0.6 is 24.0 Å². The molecule has 2 N–H and O–H groups in total. The molecule has 0 fully saturated rings. The maximum absolute atomic E-state index is 12.7. The molecule has 0 bridgehead atoms. The third-order valence-electron chi connectivity index (χ3n) is 3.37. The van der Waals surface area contributed by atoms with E-state index in [1.54, 1.807) is 46.3 Å². The van der Waals surface area contributed by atoms with Crippen molar-refractivity contribution in [1.29, 1.82) is 0 Å². The second-order valence-corrected chi connectivity index (χ2v) is 5.45. The molecule has 1 amide bonds. The quantitative estimate of drug-likeness (QED) is 0.310. The molecule has 10 heteroatoms. The number of nitrogens with zero attached hydrogens (tertiary/aromatic N) is 2. The number of carbonyl (C=O) groups is 1. The Morgan fingerprint density at radius 2 is 2.00 bits per heavy atom. The predicted molar refractivity (Wildman–Crippen MR) is 111 cm³/mol. The van der Waals surface area contributed by atoms with Crippen LogP contribution in [0.15, 0.2) is 23.2 Å². The second kappa shape index (κ2) is 13.3. The zero-order valence-electron chi connectivity index (χ0n) is 15.9. The average Bonchev–Trinajstić information content (AvgIpc) is 2.59. The van der Waals surface area contributed by atoms with Crippen LogP contribution in [0.2, 0.25) is 0 Å². The minimum atomic E-state index is -2.95. The van der Waals surface area contributed by atoms with Gasteiger partial charge in [0.1, 0.15) is 0 Å².